The van der Waals surface area contributed by atoms with Crippen molar-refractivity contribution in [1.29, 1.82) is 0 Å². The molecule has 0 saturated heterocycles. The van der Waals surface area contributed by atoms with Gasteiger partial charge < -0.3 is 5.32 Å². The number of nitrogens with two attached hydrogens (primary N) is 1. The van der Waals surface area contributed by atoms with Crippen LogP contribution in [0.2, 0.25) is 0 Å². The fourth-order valence-electron chi connectivity index (χ4n) is 1.32. The lowest BCUT2D eigenvalue weighted by Crippen LogP contribution is -2.24. The highest BCUT2D eigenvalue weighted by molar-refractivity contribution is 7.89. The Hall–Kier alpha value is -2.33. The number of tetrazole rings is 1. The number of nitrogens with zero attached hydrogens (tertiary/aromatic N) is 3. The van der Waals surface area contributed by atoms with Crippen molar-refractivity contribution >= 4 is 15.9 Å². The largest absolute Gasteiger partial charge is 0.345 e. The zero-order valence-corrected chi connectivity index (χ0v) is 10.4. The van der Waals surface area contributed by atoms with Gasteiger partial charge in [-0.2, -0.15) is 5.21 Å². The van der Waals surface area contributed by atoms with Gasteiger partial charge in [0.1, 0.15) is 0 Å². The molecule has 19 heavy (non-hydrogen) atoms. The molecule has 0 fully saturated rings. The molecule has 0 aliphatic rings. The zero-order chi connectivity index (χ0) is 13.9. The number of nitrogens with one attached hydrogen (secondary N) is 2. The molecule has 2 aromatic rings. The van der Waals surface area contributed by atoms with Crippen molar-refractivity contribution in [1.82, 2.24) is 25.9 Å². The normalized spacial score (nSPS) is 11.2. The number of H-pyrrole nitrogens is 1. The molecule has 0 aliphatic heterocycles. The maximum atomic E-state index is 11.5. The second-order valence-corrected chi connectivity index (χ2v) is 5.17. The summed E-state index contributed by atoms with van der Waals surface area (Å²) < 4.78 is 22.1. The Morgan fingerprint density at radius 1 is 1.32 bits per heavy atom. The van der Waals surface area contributed by atoms with Crippen LogP contribution < -0.4 is 10.5 Å². The number of benzene rings is 1. The van der Waals surface area contributed by atoms with Crippen LogP contribution >= 0.6 is 0 Å². The third kappa shape index (κ3) is 3.33. The van der Waals surface area contributed by atoms with Gasteiger partial charge in [-0.3, -0.25) is 4.79 Å². The number of sulfonamides is 1. The van der Waals surface area contributed by atoms with Crippen LogP contribution in [0.1, 0.15) is 16.2 Å². The molecule has 1 aromatic heterocycles. The maximum Gasteiger partial charge on any atom is 0.293 e. The van der Waals surface area contributed by atoms with Gasteiger partial charge in [0.25, 0.3) is 11.7 Å². The minimum absolute atomic E-state index is 0.0146. The number of hydrogen-bond acceptors (Lipinski definition) is 6. The van der Waals surface area contributed by atoms with Crippen molar-refractivity contribution in [3.05, 3.63) is 35.7 Å². The summed E-state index contributed by atoms with van der Waals surface area (Å²) in [5, 5.41) is 20.0. The third-order valence-corrected chi connectivity index (χ3v) is 3.18. The van der Waals surface area contributed by atoms with Crippen molar-refractivity contribution in [2.75, 3.05) is 0 Å². The van der Waals surface area contributed by atoms with Crippen LogP contribution in [0.4, 0.5) is 0 Å². The van der Waals surface area contributed by atoms with Crippen molar-refractivity contribution in [2.24, 2.45) is 5.14 Å². The molecule has 0 bridgehead atoms. The maximum absolute atomic E-state index is 11.5. The number of carbonyl (C=O) groups excluding carboxylic acids is 1. The SMILES string of the molecule is NS(=O)(=O)c1ccc(CNC(=O)c2nn[nH]n2)cc1. The summed E-state index contributed by atoms with van der Waals surface area (Å²) in [6, 6.07) is 5.84. The van der Waals surface area contributed by atoms with Crippen molar-refractivity contribution in [2.45, 2.75) is 11.4 Å². The molecule has 1 heterocycles. The smallest absolute Gasteiger partial charge is 0.293 e. The van der Waals surface area contributed by atoms with Crippen LogP contribution in [0.25, 0.3) is 0 Å². The minimum atomic E-state index is -3.71. The number of primary sulfonamides is 1. The Labute approximate surface area is 108 Å². The van der Waals surface area contributed by atoms with Crippen molar-refractivity contribution in [3.8, 4) is 0 Å². The molecule has 2 rings (SSSR count). The van der Waals surface area contributed by atoms with Gasteiger partial charge >= 0.3 is 0 Å². The van der Waals surface area contributed by atoms with E-state index in [1.54, 1.807) is 12.1 Å². The molecule has 100 valence electrons. The fraction of sp³-hybridized carbons (Fsp3) is 0.111. The molecule has 10 heteroatoms. The molecular weight excluding hydrogens is 272 g/mol. The lowest BCUT2D eigenvalue weighted by molar-refractivity contribution is 0.0940. The second-order valence-electron chi connectivity index (χ2n) is 3.61. The predicted octanol–water partition coefficient (Wildman–Crippen LogP) is -1.22. The van der Waals surface area contributed by atoms with E-state index in [0.29, 0.717) is 5.56 Å². The number of aromatic nitrogens is 4. The van der Waals surface area contributed by atoms with Crippen LogP contribution in [0.15, 0.2) is 29.2 Å². The van der Waals surface area contributed by atoms with Crippen LogP contribution in [0, 0.1) is 0 Å². The summed E-state index contributed by atoms with van der Waals surface area (Å²) >= 11 is 0. The molecule has 0 aliphatic carbocycles. The van der Waals surface area contributed by atoms with Gasteiger partial charge in [0.2, 0.25) is 10.0 Å². The lowest BCUT2D eigenvalue weighted by atomic mass is 10.2. The van der Waals surface area contributed by atoms with E-state index in [0.717, 1.165) is 0 Å². The number of amides is 1. The summed E-state index contributed by atoms with van der Waals surface area (Å²) in [6.45, 7) is 0.207. The summed E-state index contributed by atoms with van der Waals surface area (Å²) in [5.74, 6) is -0.551. The van der Waals surface area contributed by atoms with Crippen molar-refractivity contribution in [3.63, 3.8) is 0 Å². The van der Waals surface area contributed by atoms with Gasteiger partial charge in [-0.15, -0.1) is 10.2 Å². The van der Waals surface area contributed by atoms with E-state index in [2.05, 4.69) is 25.9 Å². The number of hydrogen-bond donors (Lipinski definition) is 3. The van der Waals surface area contributed by atoms with Gasteiger partial charge in [-0.25, -0.2) is 13.6 Å². The Morgan fingerprint density at radius 2 is 2.00 bits per heavy atom. The van der Waals surface area contributed by atoms with Gasteiger partial charge in [0.05, 0.1) is 4.90 Å². The monoisotopic (exact) mass is 282 g/mol. The van der Waals surface area contributed by atoms with E-state index in [4.69, 9.17) is 5.14 Å². The number of rotatable bonds is 4. The molecule has 0 spiro atoms. The van der Waals surface area contributed by atoms with Crippen LogP contribution in [0.3, 0.4) is 0 Å². The molecule has 0 atom stereocenters. The molecule has 1 amide bonds. The zero-order valence-electron chi connectivity index (χ0n) is 9.57. The molecular formula is C9H10N6O3S. The average Bonchev–Trinajstić information content (AvgIpc) is 2.89. The summed E-state index contributed by atoms with van der Waals surface area (Å²) in [4.78, 5) is 11.5. The van der Waals surface area contributed by atoms with E-state index in [9.17, 15) is 13.2 Å². The fourth-order valence-corrected chi connectivity index (χ4v) is 1.83. The molecule has 0 radical (unpaired) electrons. The highest BCUT2D eigenvalue weighted by atomic mass is 32.2. The predicted molar refractivity (Wildman–Crippen MR) is 63.2 cm³/mol. The summed E-state index contributed by atoms with van der Waals surface area (Å²) in [6.07, 6.45) is 0. The Bertz CT molecular complexity index is 664. The van der Waals surface area contributed by atoms with Gasteiger partial charge in [-0.05, 0) is 22.9 Å². The van der Waals surface area contributed by atoms with Crippen LogP contribution in [0.5, 0.6) is 0 Å². The summed E-state index contributed by atoms with van der Waals surface area (Å²) in [7, 11) is -3.71. The van der Waals surface area contributed by atoms with Gasteiger partial charge in [0.15, 0.2) is 0 Å². The first kappa shape index (κ1) is 13.1. The Morgan fingerprint density at radius 3 is 2.53 bits per heavy atom. The van der Waals surface area contributed by atoms with Gasteiger partial charge in [-0.1, -0.05) is 12.1 Å². The standard InChI is InChI=1S/C9H10N6O3S/c10-19(17,18)7-3-1-6(2-4-7)5-11-9(16)8-12-14-15-13-8/h1-4H,5H2,(H,11,16)(H2,10,17,18)(H,12,13,14,15). The topological polar surface area (TPSA) is 144 Å². The van der Waals surface area contributed by atoms with Crippen molar-refractivity contribution < 1.29 is 13.2 Å². The van der Waals surface area contributed by atoms with E-state index in [1.807, 2.05) is 0 Å². The van der Waals surface area contributed by atoms with Crippen LogP contribution in [-0.2, 0) is 16.6 Å². The van der Waals surface area contributed by atoms with E-state index in [-0.39, 0.29) is 17.3 Å². The first-order valence-electron chi connectivity index (χ1n) is 5.10. The molecule has 0 unspecified atom stereocenters. The van der Waals surface area contributed by atoms with Gasteiger partial charge in [0, 0.05) is 6.54 Å². The second kappa shape index (κ2) is 5.12. The molecule has 9 nitrogen and oxygen atoms in total. The average molecular weight is 282 g/mol. The third-order valence-electron chi connectivity index (χ3n) is 2.25. The van der Waals surface area contributed by atoms with E-state index in [1.165, 1.54) is 12.1 Å². The molecule has 1 aromatic carbocycles. The Balaban J connectivity index is 1.99. The van der Waals surface area contributed by atoms with Crippen LogP contribution in [-0.4, -0.2) is 34.9 Å². The molecule has 0 saturated carbocycles. The lowest BCUT2D eigenvalue weighted by Gasteiger charge is -2.03. The minimum Gasteiger partial charge on any atom is -0.345 e. The van der Waals surface area contributed by atoms with E-state index < -0.39 is 15.9 Å². The Kier molecular flexibility index (Phi) is 3.53. The highest BCUT2D eigenvalue weighted by Crippen LogP contribution is 2.08. The highest BCUT2D eigenvalue weighted by Gasteiger charge is 2.10. The quantitative estimate of drug-likeness (QED) is 0.641. The number of carbonyl (C=O) groups is 1. The summed E-state index contributed by atoms with van der Waals surface area (Å²) in [5.41, 5.74) is 0.712. The number of aromatic amines is 1. The van der Waals surface area contributed by atoms with E-state index >= 15 is 0 Å². The first-order chi connectivity index (χ1) is 8.97. The molecule has 4 N–H and O–H groups in total. The first-order valence-corrected chi connectivity index (χ1v) is 6.65.